The molecule has 1 unspecified atom stereocenters. The lowest BCUT2D eigenvalue weighted by Gasteiger charge is -2.13. The molecule has 1 aromatic rings. The molecule has 0 spiro atoms. The molecule has 17 heavy (non-hydrogen) atoms. The van der Waals surface area contributed by atoms with Crippen molar-refractivity contribution in [3.63, 3.8) is 0 Å². The minimum Gasteiger partial charge on any atom is -0.374 e. The Morgan fingerprint density at radius 2 is 2.24 bits per heavy atom. The maximum atomic E-state index is 4.49. The zero-order valence-corrected chi connectivity index (χ0v) is 9.97. The first-order valence-electron chi connectivity index (χ1n) is 6.76. The van der Waals surface area contributed by atoms with Crippen LogP contribution < -0.4 is 5.32 Å². The monoisotopic (exact) mass is 226 g/mol. The summed E-state index contributed by atoms with van der Waals surface area (Å²) < 4.78 is 0. The van der Waals surface area contributed by atoms with E-state index in [-0.39, 0.29) is 0 Å². The molecule has 1 N–H and O–H groups in total. The quantitative estimate of drug-likeness (QED) is 0.822. The molecule has 0 aromatic heterocycles. The summed E-state index contributed by atoms with van der Waals surface area (Å²) >= 11 is 0. The van der Waals surface area contributed by atoms with Crippen LogP contribution in [0.2, 0.25) is 0 Å². The number of hydrogen-bond acceptors (Lipinski definition) is 2. The van der Waals surface area contributed by atoms with Crippen LogP contribution >= 0.6 is 0 Å². The predicted molar refractivity (Wildman–Crippen MR) is 69.4 cm³/mol. The number of nitrogens with one attached hydrogen (secondary N) is 1. The molecule has 2 nitrogen and oxygen atoms in total. The van der Waals surface area contributed by atoms with Crippen LogP contribution in [0.4, 0.5) is 0 Å². The number of rotatable bonds is 2. The lowest BCUT2D eigenvalue weighted by Crippen LogP contribution is -2.16. The maximum absolute atomic E-state index is 4.49. The molecule has 0 amide bonds. The van der Waals surface area contributed by atoms with Crippen LogP contribution in [0, 0.1) is 11.8 Å². The lowest BCUT2D eigenvalue weighted by atomic mass is 9.92. The fraction of sp³-hybridized carbons (Fsp3) is 0.533. The lowest BCUT2D eigenvalue weighted by molar-refractivity contribution is 0.541. The van der Waals surface area contributed by atoms with Crippen molar-refractivity contribution in [3.05, 3.63) is 35.4 Å². The summed E-state index contributed by atoms with van der Waals surface area (Å²) in [4.78, 5) is 4.49. The van der Waals surface area contributed by atoms with Crippen molar-refractivity contribution in [2.75, 3.05) is 6.54 Å². The second-order valence-corrected chi connectivity index (χ2v) is 5.67. The molecule has 1 aromatic carbocycles. The number of aryl methyl sites for hydroxylation is 1. The van der Waals surface area contributed by atoms with E-state index in [2.05, 4.69) is 34.6 Å². The van der Waals surface area contributed by atoms with E-state index in [0.29, 0.717) is 6.04 Å². The van der Waals surface area contributed by atoms with Crippen LogP contribution in [0.25, 0.3) is 0 Å². The van der Waals surface area contributed by atoms with Crippen molar-refractivity contribution in [2.45, 2.75) is 31.2 Å². The Bertz CT molecular complexity index is 466. The molecule has 0 bridgehead atoms. The van der Waals surface area contributed by atoms with Gasteiger partial charge in [-0.25, -0.2) is 0 Å². The number of hydrogen-bond donors (Lipinski definition) is 1. The fourth-order valence-electron chi connectivity index (χ4n) is 3.89. The molecule has 4 atom stereocenters. The standard InChI is InChI=1S/C15H18N2/c1-2-4-12-10(3-1)5-6-13-14(15(12)13)7-11-8-16-9-17-11/h1-4,9,11,13-15H,5-8H2,(H,16,17)/t11-,13+,14?,15+/m0/s1. The minimum absolute atomic E-state index is 0.540. The Morgan fingerprint density at radius 3 is 3.12 bits per heavy atom. The van der Waals surface area contributed by atoms with E-state index in [1.165, 1.54) is 19.3 Å². The van der Waals surface area contributed by atoms with Crippen LogP contribution in [0.5, 0.6) is 0 Å². The highest BCUT2D eigenvalue weighted by Gasteiger charge is 2.53. The van der Waals surface area contributed by atoms with Gasteiger partial charge in [0.15, 0.2) is 0 Å². The van der Waals surface area contributed by atoms with Gasteiger partial charge in [-0.05, 0) is 48.1 Å². The Morgan fingerprint density at radius 1 is 1.29 bits per heavy atom. The second-order valence-electron chi connectivity index (χ2n) is 5.67. The zero-order valence-electron chi connectivity index (χ0n) is 9.97. The van der Waals surface area contributed by atoms with Crippen LogP contribution in [-0.4, -0.2) is 18.9 Å². The molecule has 1 fully saturated rings. The van der Waals surface area contributed by atoms with Gasteiger partial charge in [0.1, 0.15) is 0 Å². The number of aliphatic imine (C=N–C) groups is 1. The molecular formula is C15H18N2. The third-order valence-electron chi connectivity index (χ3n) is 4.77. The highest BCUT2D eigenvalue weighted by molar-refractivity contribution is 5.57. The molecular weight excluding hydrogens is 208 g/mol. The van der Waals surface area contributed by atoms with E-state index in [0.717, 1.165) is 24.3 Å². The number of nitrogens with zero attached hydrogens (tertiary/aromatic N) is 1. The molecule has 1 heterocycles. The van der Waals surface area contributed by atoms with Crippen molar-refractivity contribution >= 4 is 6.34 Å². The zero-order chi connectivity index (χ0) is 11.2. The number of fused-ring (bicyclic) bond motifs is 3. The molecule has 1 aliphatic heterocycles. The van der Waals surface area contributed by atoms with E-state index in [1.54, 1.807) is 11.1 Å². The summed E-state index contributed by atoms with van der Waals surface area (Å²) in [7, 11) is 0. The molecule has 3 aliphatic rings. The van der Waals surface area contributed by atoms with Gasteiger partial charge in [0.05, 0.1) is 12.4 Å². The summed E-state index contributed by atoms with van der Waals surface area (Å²) in [5.74, 6) is 2.72. The average Bonchev–Trinajstić information content (AvgIpc) is 2.82. The van der Waals surface area contributed by atoms with E-state index >= 15 is 0 Å². The van der Waals surface area contributed by atoms with Crippen molar-refractivity contribution in [2.24, 2.45) is 16.8 Å². The average molecular weight is 226 g/mol. The van der Waals surface area contributed by atoms with Gasteiger partial charge in [0.2, 0.25) is 0 Å². The Labute approximate surface area is 102 Å². The summed E-state index contributed by atoms with van der Waals surface area (Å²) in [5.41, 5.74) is 3.24. The van der Waals surface area contributed by atoms with Gasteiger partial charge in [-0.2, -0.15) is 0 Å². The molecule has 0 saturated heterocycles. The van der Waals surface area contributed by atoms with Crippen LogP contribution in [0.1, 0.15) is 29.9 Å². The first-order valence-corrected chi connectivity index (χ1v) is 6.76. The van der Waals surface area contributed by atoms with Gasteiger partial charge in [-0.1, -0.05) is 24.3 Å². The van der Waals surface area contributed by atoms with Gasteiger partial charge in [0.25, 0.3) is 0 Å². The van der Waals surface area contributed by atoms with Crippen molar-refractivity contribution < 1.29 is 0 Å². The first kappa shape index (κ1) is 9.69. The van der Waals surface area contributed by atoms with Gasteiger partial charge in [-0.15, -0.1) is 0 Å². The highest BCUT2D eigenvalue weighted by atomic mass is 15.0. The molecule has 0 radical (unpaired) electrons. The summed E-state index contributed by atoms with van der Waals surface area (Å²) in [5, 5.41) is 3.21. The normalized spacial score (nSPS) is 37.2. The Balaban J connectivity index is 1.54. The van der Waals surface area contributed by atoms with E-state index in [1.807, 2.05) is 6.34 Å². The summed E-state index contributed by atoms with van der Waals surface area (Å²) in [6.45, 7) is 1.05. The molecule has 4 rings (SSSR count). The first-order chi connectivity index (χ1) is 8.43. The van der Waals surface area contributed by atoms with Crippen molar-refractivity contribution in [1.29, 1.82) is 0 Å². The van der Waals surface area contributed by atoms with Crippen LogP contribution in [0.15, 0.2) is 29.3 Å². The van der Waals surface area contributed by atoms with Gasteiger partial charge in [0, 0.05) is 6.54 Å². The fourth-order valence-corrected chi connectivity index (χ4v) is 3.89. The van der Waals surface area contributed by atoms with Gasteiger partial charge >= 0.3 is 0 Å². The van der Waals surface area contributed by atoms with E-state index < -0.39 is 0 Å². The maximum Gasteiger partial charge on any atom is 0.0828 e. The van der Waals surface area contributed by atoms with E-state index in [9.17, 15) is 0 Å². The molecule has 2 heteroatoms. The Hall–Kier alpha value is -1.31. The highest BCUT2D eigenvalue weighted by Crippen LogP contribution is 2.61. The second kappa shape index (κ2) is 3.59. The smallest absolute Gasteiger partial charge is 0.0828 e. The summed E-state index contributed by atoms with van der Waals surface area (Å²) in [6.07, 6.45) is 5.86. The molecule has 2 aliphatic carbocycles. The van der Waals surface area contributed by atoms with Crippen molar-refractivity contribution in [1.82, 2.24) is 5.32 Å². The van der Waals surface area contributed by atoms with Gasteiger partial charge < -0.3 is 5.32 Å². The van der Waals surface area contributed by atoms with Crippen molar-refractivity contribution in [3.8, 4) is 0 Å². The third kappa shape index (κ3) is 1.50. The Kier molecular flexibility index (Phi) is 2.05. The third-order valence-corrected chi connectivity index (χ3v) is 4.77. The van der Waals surface area contributed by atoms with Crippen LogP contribution in [0.3, 0.4) is 0 Å². The number of benzene rings is 1. The topological polar surface area (TPSA) is 24.4 Å². The molecule has 88 valence electrons. The summed E-state index contributed by atoms with van der Waals surface area (Å²) in [6, 6.07) is 9.59. The van der Waals surface area contributed by atoms with E-state index in [4.69, 9.17) is 0 Å². The minimum atomic E-state index is 0.540. The SMILES string of the molecule is C1=N[C@@H](CC2[C@H]3CCc4ccccc4[C@@H]23)CN1. The van der Waals surface area contributed by atoms with Crippen LogP contribution in [-0.2, 0) is 6.42 Å². The van der Waals surface area contributed by atoms with Gasteiger partial charge in [-0.3, -0.25) is 4.99 Å². The largest absolute Gasteiger partial charge is 0.374 e. The molecule has 1 saturated carbocycles. The predicted octanol–water partition coefficient (Wildman–Crippen LogP) is 2.35.